The number of likely N-dealkylation sites (N-methyl/N-ethyl adjacent to an activating group) is 1. The molecule has 1 aromatic carbocycles. The van der Waals surface area contributed by atoms with Gasteiger partial charge in [-0.15, -0.1) is 11.3 Å². The zero-order chi connectivity index (χ0) is 17.3. The summed E-state index contributed by atoms with van der Waals surface area (Å²) in [6, 6.07) is 6.48. The first-order chi connectivity index (χ1) is 11.5. The van der Waals surface area contributed by atoms with Crippen LogP contribution >= 0.6 is 22.9 Å². The summed E-state index contributed by atoms with van der Waals surface area (Å²) >= 11 is 8.12. The van der Waals surface area contributed by atoms with E-state index in [2.05, 4.69) is 17.9 Å². The lowest BCUT2D eigenvalue weighted by Crippen LogP contribution is -2.44. The van der Waals surface area contributed by atoms with Crippen LogP contribution in [-0.2, 0) is 11.3 Å². The van der Waals surface area contributed by atoms with Gasteiger partial charge in [0.05, 0.1) is 16.3 Å². The Morgan fingerprint density at radius 1 is 1.42 bits per heavy atom. The highest BCUT2D eigenvalue weighted by atomic mass is 35.5. The van der Waals surface area contributed by atoms with E-state index in [4.69, 9.17) is 16.7 Å². The third-order valence-electron chi connectivity index (χ3n) is 4.95. The largest absolute Gasteiger partial charge is 0.480 e. The molecule has 3 rings (SSSR count). The Labute approximate surface area is 151 Å². The fourth-order valence-corrected chi connectivity index (χ4v) is 5.02. The molecule has 0 amide bonds. The summed E-state index contributed by atoms with van der Waals surface area (Å²) in [5, 5.41) is 11.0. The van der Waals surface area contributed by atoms with Crippen LogP contribution in [0.3, 0.4) is 0 Å². The number of fused-ring (bicyclic) bond motifs is 1. The molecular formula is C18H23ClN2O2S. The number of hydrogen-bond donors (Lipinski definition) is 1. The molecule has 6 heteroatoms. The Morgan fingerprint density at radius 3 is 2.75 bits per heavy atom. The number of halogens is 1. The minimum absolute atomic E-state index is 0.124. The predicted octanol–water partition coefficient (Wildman–Crippen LogP) is 3.84. The summed E-state index contributed by atoms with van der Waals surface area (Å²) in [4.78, 5) is 16.7. The number of nitrogens with zero attached hydrogens (tertiary/aromatic N) is 2. The SMILES string of the molecule is Cc1c(CN2CCC(N(C)CC(=O)O)CC2)sc2c(Cl)cccc12. The Bertz CT molecular complexity index is 738. The van der Waals surface area contributed by atoms with Crippen LogP contribution in [-0.4, -0.2) is 53.6 Å². The maximum atomic E-state index is 10.8. The fourth-order valence-electron chi connectivity index (χ4n) is 3.47. The van der Waals surface area contributed by atoms with Gasteiger partial charge in [0.1, 0.15) is 0 Å². The molecule has 1 aliphatic rings. The number of carboxylic acid groups (broad SMARTS) is 1. The molecule has 0 aliphatic carbocycles. The summed E-state index contributed by atoms with van der Waals surface area (Å²) < 4.78 is 1.18. The summed E-state index contributed by atoms with van der Waals surface area (Å²) in [7, 11) is 1.91. The van der Waals surface area contributed by atoms with Gasteiger partial charge in [0.2, 0.25) is 0 Å². The van der Waals surface area contributed by atoms with Gasteiger partial charge in [0.25, 0.3) is 0 Å². The fraction of sp³-hybridized carbons (Fsp3) is 0.500. The van der Waals surface area contributed by atoms with E-state index in [9.17, 15) is 4.79 Å². The van der Waals surface area contributed by atoms with Crippen molar-refractivity contribution in [1.82, 2.24) is 9.80 Å². The lowest BCUT2D eigenvalue weighted by atomic mass is 10.0. The Balaban J connectivity index is 1.63. The van der Waals surface area contributed by atoms with Crippen LogP contribution in [0.1, 0.15) is 23.3 Å². The normalized spacial score (nSPS) is 17.0. The molecule has 0 unspecified atom stereocenters. The molecule has 1 fully saturated rings. The third-order valence-corrected chi connectivity index (χ3v) is 6.70. The van der Waals surface area contributed by atoms with Gasteiger partial charge in [-0.1, -0.05) is 23.7 Å². The average Bonchev–Trinajstić information content (AvgIpc) is 2.86. The summed E-state index contributed by atoms with van der Waals surface area (Å²) in [5.74, 6) is -0.752. The van der Waals surface area contributed by atoms with Gasteiger partial charge in [-0.2, -0.15) is 0 Å². The Morgan fingerprint density at radius 2 is 2.12 bits per heavy atom. The molecule has 0 atom stereocenters. The number of piperidine rings is 1. The van der Waals surface area contributed by atoms with E-state index in [0.29, 0.717) is 6.04 Å². The van der Waals surface area contributed by atoms with Crippen molar-refractivity contribution in [2.45, 2.75) is 32.4 Å². The number of aryl methyl sites for hydroxylation is 1. The molecule has 1 N–H and O–H groups in total. The molecule has 4 nitrogen and oxygen atoms in total. The monoisotopic (exact) mass is 366 g/mol. The number of hydrogen-bond acceptors (Lipinski definition) is 4. The molecule has 1 aliphatic heterocycles. The number of rotatable bonds is 5. The van der Waals surface area contributed by atoms with Crippen molar-refractivity contribution in [2.24, 2.45) is 0 Å². The molecule has 0 spiro atoms. The average molecular weight is 367 g/mol. The molecule has 1 saturated heterocycles. The summed E-state index contributed by atoms with van der Waals surface area (Å²) in [6.07, 6.45) is 2.04. The van der Waals surface area contributed by atoms with Crippen LogP contribution < -0.4 is 0 Å². The van der Waals surface area contributed by atoms with Gasteiger partial charge in [-0.25, -0.2) is 0 Å². The Hall–Kier alpha value is -1.14. The van der Waals surface area contributed by atoms with Crippen LogP contribution in [0.2, 0.25) is 5.02 Å². The highest BCUT2D eigenvalue weighted by Gasteiger charge is 2.24. The molecule has 0 saturated carbocycles. The van der Waals surface area contributed by atoms with E-state index in [0.717, 1.165) is 37.5 Å². The number of carbonyl (C=O) groups is 1. The first kappa shape index (κ1) is 17.7. The topological polar surface area (TPSA) is 43.8 Å². The second-order valence-electron chi connectivity index (χ2n) is 6.58. The number of aliphatic carboxylic acids is 1. The van der Waals surface area contributed by atoms with Crippen molar-refractivity contribution >= 4 is 39.0 Å². The van der Waals surface area contributed by atoms with Crippen molar-refractivity contribution < 1.29 is 9.90 Å². The highest BCUT2D eigenvalue weighted by molar-refractivity contribution is 7.20. The van der Waals surface area contributed by atoms with Crippen LogP contribution in [0.25, 0.3) is 10.1 Å². The highest BCUT2D eigenvalue weighted by Crippen LogP contribution is 2.36. The molecule has 24 heavy (non-hydrogen) atoms. The maximum Gasteiger partial charge on any atom is 0.317 e. The zero-order valence-electron chi connectivity index (χ0n) is 14.1. The minimum Gasteiger partial charge on any atom is -0.480 e. The van der Waals surface area contributed by atoms with E-state index in [-0.39, 0.29) is 6.54 Å². The third kappa shape index (κ3) is 3.75. The number of thiophene rings is 1. The van der Waals surface area contributed by atoms with Gasteiger partial charge in [-0.3, -0.25) is 14.6 Å². The van der Waals surface area contributed by atoms with Crippen molar-refractivity contribution in [3.63, 3.8) is 0 Å². The van der Waals surface area contributed by atoms with Crippen LogP contribution in [0.4, 0.5) is 0 Å². The van der Waals surface area contributed by atoms with Crippen molar-refractivity contribution in [2.75, 3.05) is 26.7 Å². The lowest BCUT2D eigenvalue weighted by Gasteiger charge is -2.36. The first-order valence-electron chi connectivity index (χ1n) is 8.26. The van der Waals surface area contributed by atoms with Gasteiger partial charge in [-0.05, 0) is 43.8 Å². The van der Waals surface area contributed by atoms with Gasteiger partial charge < -0.3 is 5.11 Å². The van der Waals surface area contributed by atoms with E-state index in [1.54, 1.807) is 11.3 Å². The standard InChI is InChI=1S/C18H23ClN2O2S/c1-12-14-4-3-5-15(19)18(14)24-16(12)10-21-8-6-13(7-9-21)20(2)11-17(22)23/h3-5,13H,6-11H2,1-2H3,(H,22,23). The second-order valence-corrected chi connectivity index (χ2v) is 8.10. The van der Waals surface area contributed by atoms with E-state index in [1.807, 2.05) is 24.1 Å². The minimum atomic E-state index is -0.752. The molecular weight excluding hydrogens is 344 g/mol. The molecule has 2 aromatic rings. The van der Waals surface area contributed by atoms with Gasteiger partial charge >= 0.3 is 5.97 Å². The lowest BCUT2D eigenvalue weighted by molar-refractivity contribution is -0.138. The molecule has 130 valence electrons. The predicted molar refractivity (Wildman–Crippen MR) is 100 cm³/mol. The zero-order valence-corrected chi connectivity index (χ0v) is 15.7. The Kier molecular flexibility index (Phi) is 5.45. The molecule has 0 radical (unpaired) electrons. The number of likely N-dealkylation sites (tertiary alicyclic amines) is 1. The summed E-state index contributed by atoms with van der Waals surface area (Å²) in [6.45, 7) is 5.28. The number of carboxylic acids is 1. The van der Waals surface area contributed by atoms with E-state index >= 15 is 0 Å². The smallest absolute Gasteiger partial charge is 0.317 e. The quantitative estimate of drug-likeness (QED) is 0.873. The second kappa shape index (κ2) is 7.40. The maximum absolute atomic E-state index is 10.8. The summed E-state index contributed by atoms with van der Waals surface area (Å²) in [5.41, 5.74) is 1.34. The van der Waals surface area contributed by atoms with Gasteiger partial charge in [0, 0.05) is 30.6 Å². The molecule has 0 bridgehead atoms. The van der Waals surface area contributed by atoms with Crippen molar-refractivity contribution in [3.8, 4) is 0 Å². The molecule has 1 aromatic heterocycles. The van der Waals surface area contributed by atoms with Crippen LogP contribution in [0.15, 0.2) is 18.2 Å². The molecule has 2 heterocycles. The van der Waals surface area contributed by atoms with Gasteiger partial charge in [0.15, 0.2) is 0 Å². The van der Waals surface area contributed by atoms with Crippen LogP contribution in [0.5, 0.6) is 0 Å². The van der Waals surface area contributed by atoms with Crippen molar-refractivity contribution in [3.05, 3.63) is 33.7 Å². The van der Waals surface area contributed by atoms with Crippen LogP contribution in [0, 0.1) is 6.92 Å². The van der Waals surface area contributed by atoms with Crippen molar-refractivity contribution in [1.29, 1.82) is 0 Å². The van der Waals surface area contributed by atoms with E-state index in [1.165, 1.54) is 20.5 Å². The van der Waals surface area contributed by atoms with E-state index < -0.39 is 5.97 Å². The first-order valence-corrected chi connectivity index (χ1v) is 9.46. The number of benzene rings is 1.